The zero-order valence-electron chi connectivity index (χ0n) is 14.9. The number of rotatable bonds is 10. The van der Waals surface area contributed by atoms with Gasteiger partial charge in [-0.1, -0.05) is 55.8 Å². The van der Waals surface area contributed by atoms with Crippen molar-refractivity contribution in [2.45, 2.75) is 38.7 Å². The fourth-order valence-electron chi connectivity index (χ4n) is 2.44. The minimum Gasteiger partial charge on any atom is -0.489 e. The van der Waals surface area contributed by atoms with E-state index in [2.05, 4.69) is 0 Å². The van der Waals surface area contributed by atoms with Crippen LogP contribution in [0.2, 0.25) is 0 Å². The molecule has 0 amide bonds. The maximum Gasteiger partial charge on any atom is 0.311 e. The third-order valence-electron chi connectivity index (χ3n) is 3.96. The summed E-state index contributed by atoms with van der Waals surface area (Å²) in [4.78, 5) is 23.3. The highest BCUT2D eigenvalue weighted by molar-refractivity contribution is 5.83. The molecule has 1 atom stereocenters. The van der Waals surface area contributed by atoms with Gasteiger partial charge in [-0.05, 0) is 29.7 Å². The molecule has 0 aliphatic heterocycles. The topological polar surface area (TPSA) is 72.8 Å². The Bertz CT molecular complexity index is 694. The predicted octanol–water partition coefficient (Wildman–Crippen LogP) is 4.17. The van der Waals surface area contributed by atoms with Crippen molar-refractivity contribution in [3.05, 3.63) is 65.7 Å². The van der Waals surface area contributed by atoms with Gasteiger partial charge >= 0.3 is 11.9 Å². The van der Waals surface area contributed by atoms with Crippen LogP contribution in [0.3, 0.4) is 0 Å². The van der Waals surface area contributed by atoms with Crippen molar-refractivity contribution in [3.63, 3.8) is 0 Å². The van der Waals surface area contributed by atoms with Gasteiger partial charge < -0.3 is 14.6 Å². The van der Waals surface area contributed by atoms with Crippen LogP contribution in [0.5, 0.6) is 5.75 Å². The molecular weight excluding hydrogens is 332 g/mol. The van der Waals surface area contributed by atoms with E-state index in [4.69, 9.17) is 9.47 Å². The van der Waals surface area contributed by atoms with Crippen LogP contribution in [0.25, 0.3) is 0 Å². The van der Waals surface area contributed by atoms with E-state index in [1.807, 2.05) is 37.3 Å². The van der Waals surface area contributed by atoms with Crippen molar-refractivity contribution < 1.29 is 24.2 Å². The standard InChI is InChI=1S/C21H24O5/c1-2-3-13-25-20(22)14-19(21(23)24)17-9-11-18(12-10-17)26-15-16-7-5-4-6-8-16/h4-12,19H,2-3,13-15H2,1H3,(H,23,24). The zero-order valence-corrected chi connectivity index (χ0v) is 14.9. The molecule has 0 bridgehead atoms. The molecule has 0 saturated heterocycles. The average Bonchev–Trinajstić information content (AvgIpc) is 2.66. The number of unbranched alkanes of at least 4 members (excludes halogenated alkanes) is 1. The largest absolute Gasteiger partial charge is 0.489 e. The summed E-state index contributed by atoms with van der Waals surface area (Å²) in [5.74, 6) is -1.81. The summed E-state index contributed by atoms with van der Waals surface area (Å²) < 4.78 is 10.8. The summed E-state index contributed by atoms with van der Waals surface area (Å²) in [5.41, 5.74) is 1.60. The molecule has 2 aromatic rings. The lowest BCUT2D eigenvalue weighted by Crippen LogP contribution is -2.18. The van der Waals surface area contributed by atoms with Crippen LogP contribution in [0, 0.1) is 0 Å². The molecule has 138 valence electrons. The Morgan fingerprint density at radius 3 is 2.35 bits per heavy atom. The number of esters is 1. The first kappa shape index (κ1) is 19.5. The second-order valence-corrected chi connectivity index (χ2v) is 6.01. The van der Waals surface area contributed by atoms with Gasteiger partial charge in [0.2, 0.25) is 0 Å². The normalized spacial score (nSPS) is 11.6. The number of benzene rings is 2. The van der Waals surface area contributed by atoms with Gasteiger partial charge in [-0.3, -0.25) is 9.59 Å². The van der Waals surface area contributed by atoms with Gasteiger partial charge in [0.25, 0.3) is 0 Å². The number of ether oxygens (including phenoxy) is 2. The number of carbonyl (C=O) groups is 2. The Balaban J connectivity index is 1.94. The Morgan fingerprint density at radius 2 is 1.73 bits per heavy atom. The molecule has 5 nitrogen and oxygen atoms in total. The first-order valence-corrected chi connectivity index (χ1v) is 8.75. The summed E-state index contributed by atoms with van der Waals surface area (Å²) in [6.45, 7) is 2.76. The Morgan fingerprint density at radius 1 is 1.04 bits per heavy atom. The molecule has 5 heteroatoms. The molecule has 0 saturated carbocycles. The fourth-order valence-corrected chi connectivity index (χ4v) is 2.44. The monoisotopic (exact) mass is 356 g/mol. The molecular formula is C21H24O5. The lowest BCUT2D eigenvalue weighted by molar-refractivity contribution is -0.149. The summed E-state index contributed by atoms with van der Waals surface area (Å²) >= 11 is 0. The third-order valence-corrected chi connectivity index (χ3v) is 3.96. The van der Waals surface area contributed by atoms with E-state index in [0.29, 0.717) is 24.5 Å². The van der Waals surface area contributed by atoms with E-state index in [0.717, 1.165) is 18.4 Å². The molecule has 0 aromatic heterocycles. The fraction of sp³-hybridized carbons (Fsp3) is 0.333. The second-order valence-electron chi connectivity index (χ2n) is 6.01. The summed E-state index contributed by atoms with van der Waals surface area (Å²) in [5, 5.41) is 9.43. The smallest absolute Gasteiger partial charge is 0.311 e. The molecule has 0 aliphatic rings. The van der Waals surface area contributed by atoms with E-state index < -0.39 is 17.9 Å². The van der Waals surface area contributed by atoms with Crippen LogP contribution in [-0.2, 0) is 20.9 Å². The van der Waals surface area contributed by atoms with Crippen LogP contribution < -0.4 is 4.74 Å². The maximum atomic E-state index is 11.8. The molecule has 0 heterocycles. The summed E-state index contributed by atoms with van der Waals surface area (Å²) in [6, 6.07) is 16.6. The van der Waals surface area contributed by atoms with Crippen LogP contribution in [-0.4, -0.2) is 23.7 Å². The van der Waals surface area contributed by atoms with Crippen LogP contribution in [0.4, 0.5) is 0 Å². The van der Waals surface area contributed by atoms with Crippen molar-refractivity contribution in [3.8, 4) is 5.75 Å². The average molecular weight is 356 g/mol. The van der Waals surface area contributed by atoms with Crippen molar-refractivity contribution in [2.75, 3.05) is 6.61 Å². The van der Waals surface area contributed by atoms with Gasteiger partial charge in [-0.15, -0.1) is 0 Å². The first-order valence-electron chi connectivity index (χ1n) is 8.75. The van der Waals surface area contributed by atoms with Crippen molar-refractivity contribution in [2.24, 2.45) is 0 Å². The zero-order chi connectivity index (χ0) is 18.8. The van der Waals surface area contributed by atoms with Crippen molar-refractivity contribution in [1.29, 1.82) is 0 Å². The molecule has 2 aromatic carbocycles. The van der Waals surface area contributed by atoms with Gasteiger partial charge in [0.15, 0.2) is 0 Å². The summed E-state index contributed by atoms with van der Waals surface area (Å²) in [6.07, 6.45) is 1.51. The van der Waals surface area contributed by atoms with Crippen LogP contribution in [0.1, 0.15) is 43.2 Å². The van der Waals surface area contributed by atoms with E-state index in [1.165, 1.54) is 0 Å². The predicted molar refractivity (Wildman–Crippen MR) is 98.1 cm³/mol. The molecule has 0 radical (unpaired) electrons. The van der Waals surface area contributed by atoms with E-state index >= 15 is 0 Å². The molecule has 26 heavy (non-hydrogen) atoms. The van der Waals surface area contributed by atoms with Gasteiger partial charge in [-0.2, -0.15) is 0 Å². The number of aliphatic carboxylic acids is 1. The highest BCUT2D eigenvalue weighted by Crippen LogP contribution is 2.24. The Kier molecular flexibility index (Phi) is 7.68. The summed E-state index contributed by atoms with van der Waals surface area (Å²) in [7, 11) is 0. The number of hydrogen-bond acceptors (Lipinski definition) is 4. The van der Waals surface area contributed by atoms with Crippen LogP contribution >= 0.6 is 0 Å². The van der Waals surface area contributed by atoms with Gasteiger partial charge in [0.1, 0.15) is 12.4 Å². The quantitative estimate of drug-likeness (QED) is 0.511. The highest BCUT2D eigenvalue weighted by Gasteiger charge is 2.24. The lowest BCUT2D eigenvalue weighted by atomic mass is 9.96. The first-order chi connectivity index (χ1) is 12.6. The minimum absolute atomic E-state index is 0.177. The molecule has 1 N–H and O–H groups in total. The Labute approximate surface area is 153 Å². The molecule has 0 spiro atoms. The third kappa shape index (κ3) is 6.24. The van der Waals surface area contributed by atoms with E-state index in [-0.39, 0.29) is 6.42 Å². The minimum atomic E-state index is -1.05. The lowest BCUT2D eigenvalue weighted by Gasteiger charge is -2.13. The number of carboxylic acid groups (broad SMARTS) is 1. The SMILES string of the molecule is CCCCOC(=O)CC(C(=O)O)c1ccc(OCc2ccccc2)cc1. The molecule has 2 rings (SSSR count). The molecule has 1 unspecified atom stereocenters. The van der Waals surface area contributed by atoms with Gasteiger partial charge in [-0.25, -0.2) is 0 Å². The highest BCUT2D eigenvalue weighted by atomic mass is 16.5. The van der Waals surface area contributed by atoms with Crippen molar-refractivity contribution in [1.82, 2.24) is 0 Å². The Hall–Kier alpha value is -2.82. The second kappa shape index (κ2) is 10.2. The van der Waals surface area contributed by atoms with E-state index in [1.54, 1.807) is 24.3 Å². The number of carbonyl (C=O) groups excluding carboxylic acids is 1. The molecule has 0 fully saturated rings. The maximum absolute atomic E-state index is 11.8. The van der Waals surface area contributed by atoms with Crippen molar-refractivity contribution >= 4 is 11.9 Å². The van der Waals surface area contributed by atoms with Crippen LogP contribution in [0.15, 0.2) is 54.6 Å². The van der Waals surface area contributed by atoms with Gasteiger partial charge in [0.05, 0.1) is 18.9 Å². The number of hydrogen-bond donors (Lipinski definition) is 1. The van der Waals surface area contributed by atoms with Gasteiger partial charge in [0, 0.05) is 0 Å². The number of carboxylic acids is 1. The van der Waals surface area contributed by atoms with E-state index in [9.17, 15) is 14.7 Å². The molecule has 0 aliphatic carbocycles.